The first-order valence-corrected chi connectivity index (χ1v) is 13.0. The molecule has 6 atom stereocenters. The molecule has 0 amide bonds. The van der Waals surface area contributed by atoms with Crippen LogP contribution in [0.25, 0.3) is 0 Å². The van der Waals surface area contributed by atoms with Gasteiger partial charge in [-0.3, -0.25) is 0 Å². The summed E-state index contributed by atoms with van der Waals surface area (Å²) in [6, 6.07) is 22.2. The molecule has 2 aromatic rings. The Kier molecular flexibility index (Phi) is 4.03. The van der Waals surface area contributed by atoms with E-state index in [2.05, 4.69) is 95.3 Å². The topological polar surface area (TPSA) is 9.23 Å². The van der Waals surface area contributed by atoms with Crippen molar-refractivity contribution < 1.29 is 4.43 Å². The van der Waals surface area contributed by atoms with Gasteiger partial charge >= 0.3 is 0 Å². The summed E-state index contributed by atoms with van der Waals surface area (Å²) in [5.41, 5.74) is 0.725. The van der Waals surface area contributed by atoms with E-state index in [4.69, 9.17) is 4.43 Å². The lowest BCUT2D eigenvalue weighted by Gasteiger charge is -2.43. The standard InChI is InChI=1S/C26H34OSi/c1-18-16-26(18)17-22(26)23-19(2)24(23)27-28(25(3,4)5,20-12-8-6-9-13-20)21-14-10-7-11-15-21/h6-15,18-19,22-24H,16-17H2,1-5H3/t18?,19?,22-,23?,24?,26?/m1/s1. The van der Waals surface area contributed by atoms with Gasteiger partial charge in [-0.1, -0.05) is 95.3 Å². The Labute approximate surface area is 171 Å². The van der Waals surface area contributed by atoms with Crippen molar-refractivity contribution in [2.24, 2.45) is 29.1 Å². The van der Waals surface area contributed by atoms with Crippen molar-refractivity contribution in [3.8, 4) is 0 Å². The van der Waals surface area contributed by atoms with Crippen LogP contribution in [0.2, 0.25) is 5.04 Å². The summed E-state index contributed by atoms with van der Waals surface area (Å²) in [6.07, 6.45) is 3.36. The monoisotopic (exact) mass is 390 g/mol. The minimum Gasteiger partial charge on any atom is -0.404 e. The summed E-state index contributed by atoms with van der Waals surface area (Å²) in [5, 5.41) is 2.91. The van der Waals surface area contributed by atoms with Crippen LogP contribution in [0.4, 0.5) is 0 Å². The largest absolute Gasteiger partial charge is 0.404 e. The molecule has 1 nitrogen and oxygen atoms in total. The van der Waals surface area contributed by atoms with Gasteiger partial charge in [-0.2, -0.15) is 0 Å². The predicted molar refractivity (Wildman–Crippen MR) is 119 cm³/mol. The highest BCUT2D eigenvalue weighted by Crippen LogP contribution is 2.80. The van der Waals surface area contributed by atoms with Crippen molar-refractivity contribution in [2.45, 2.75) is 58.6 Å². The van der Waals surface area contributed by atoms with Crippen LogP contribution in [0, 0.1) is 29.1 Å². The van der Waals surface area contributed by atoms with Crippen LogP contribution in [0.15, 0.2) is 60.7 Å². The van der Waals surface area contributed by atoms with Gasteiger partial charge in [0, 0.05) is 0 Å². The molecule has 0 aromatic heterocycles. The SMILES string of the molecule is CC1C(O[Si](c2ccccc2)(c2ccccc2)C(C)(C)C)C1[C@H]1CC12CC2C. The van der Waals surface area contributed by atoms with Crippen LogP contribution in [0.3, 0.4) is 0 Å². The average molecular weight is 391 g/mol. The van der Waals surface area contributed by atoms with E-state index in [1.165, 1.54) is 23.2 Å². The Bertz CT molecular complexity index is 816. The first-order valence-electron chi connectivity index (χ1n) is 11.1. The summed E-state index contributed by atoms with van der Waals surface area (Å²) < 4.78 is 7.41. The molecule has 3 saturated carbocycles. The van der Waals surface area contributed by atoms with E-state index in [0.717, 1.165) is 23.2 Å². The highest BCUT2D eigenvalue weighted by molar-refractivity contribution is 6.99. The van der Waals surface area contributed by atoms with Gasteiger partial charge in [0.1, 0.15) is 0 Å². The van der Waals surface area contributed by atoms with Gasteiger partial charge in [0.25, 0.3) is 8.32 Å². The molecular weight excluding hydrogens is 356 g/mol. The maximum atomic E-state index is 7.41. The van der Waals surface area contributed by atoms with E-state index in [0.29, 0.717) is 12.0 Å². The van der Waals surface area contributed by atoms with Crippen molar-refractivity contribution in [3.63, 3.8) is 0 Å². The second kappa shape index (κ2) is 6.06. The molecule has 5 unspecified atom stereocenters. The Morgan fingerprint density at radius 3 is 1.75 bits per heavy atom. The highest BCUT2D eigenvalue weighted by atomic mass is 28.4. The van der Waals surface area contributed by atoms with Gasteiger partial charge < -0.3 is 4.43 Å². The fourth-order valence-electron chi connectivity index (χ4n) is 6.31. The molecular formula is C26H34OSi. The Hall–Kier alpha value is -1.38. The van der Waals surface area contributed by atoms with Crippen LogP contribution in [0.5, 0.6) is 0 Å². The minimum absolute atomic E-state index is 0.0800. The molecule has 5 rings (SSSR count). The maximum Gasteiger partial charge on any atom is 0.261 e. The second-order valence-corrected chi connectivity index (χ2v) is 15.1. The molecule has 28 heavy (non-hydrogen) atoms. The minimum atomic E-state index is -2.39. The zero-order chi connectivity index (χ0) is 19.7. The zero-order valence-electron chi connectivity index (χ0n) is 18.0. The van der Waals surface area contributed by atoms with Gasteiger partial charge in [0.05, 0.1) is 6.10 Å². The van der Waals surface area contributed by atoms with E-state index < -0.39 is 8.32 Å². The molecule has 1 spiro atoms. The Morgan fingerprint density at radius 2 is 1.36 bits per heavy atom. The maximum absolute atomic E-state index is 7.41. The van der Waals surface area contributed by atoms with Gasteiger partial charge in [0.15, 0.2) is 0 Å². The molecule has 0 bridgehead atoms. The lowest BCUT2D eigenvalue weighted by molar-refractivity contribution is 0.251. The molecule has 2 aromatic carbocycles. The summed E-state index contributed by atoms with van der Waals surface area (Å²) in [5.74, 6) is 3.38. The fourth-order valence-corrected chi connectivity index (χ4v) is 11.1. The molecule has 2 heteroatoms. The van der Waals surface area contributed by atoms with Crippen LogP contribution < -0.4 is 10.4 Å². The Morgan fingerprint density at radius 1 is 0.857 bits per heavy atom. The van der Waals surface area contributed by atoms with Gasteiger partial charge in [-0.15, -0.1) is 0 Å². The second-order valence-electron chi connectivity index (χ2n) is 10.8. The van der Waals surface area contributed by atoms with Crippen LogP contribution in [0.1, 0.15) is 47.5 Å². The molecule has 0 aliphatic heterocycles. The van der Waals surface area contributed by atoms with E-state index >= 15 is 0 Å². The molecule has 3 aliphatic carbocycles. The molecule has 0 N–H and O–H groups in total. The van der Waals surface area contributed by atoms with Gasteiger partial charge in [-0.25, -0.2) is 0 Å². The van der Waals surface area contributed by atoms with Crippen molar-refractivity contribution in [1.82, 2.24) is 0 Å². The number of hydrogen-bond donors (Lipinski definition) is 0. The molecule has 3 aliphatic rings. The summed E-state index contributed by atoms with van der Waals surface area (Å²) >= 11 is 0. The molecule has 3 fully saturated rings. The Balaban J connectivity index is 1.53. The number of benzene rings is 2. The summed E-state index contributed by atoms with van der Waals surface area (Å²) in [4.78, 5) is 0. The fraction of sp³-hybridized carbons (Fsp3) is 0.538. The average Bonchev–Trinajstić information content (AvgIpc) is 3.61. The molecule has 0 saturated heterocycles. The van der Waals surface area contributed by atoms with Crippen LogP contribution in [-0.2, 0) is 4.43 Å². The van der Waals surface area contributed by atoms with Crippen molar-refractivity contribution in [3.05, 3.63) is 60.7 Å². The smallest absolute Gasteiger partial charge is 0.261 e. The lowest BCUT2D eigenvalue weighted by atomic mass is 10.1. The number of hydrogen-bond acceptors (Lipinski definition) is 1. The van der Waals surface area contributed by atoms with E-state index in [1.807, 2.05) is 0 Å². The number of rotatable bonds is 5. The quantitative estimate of drug-likeness (QED) is 0.634. The predicted octanol–water partition coefficient (Wildman–Crippen LogP) is 5.24. The van der Waals surface area contributed by atoms with Crippen molar-refractivity contribution >= 4 is 18.7 Å². The highest BCUT2D eigenvalue weighted by Gasteiger charge is 2.75. The van der Waals surface area contributed by atoms with Crippen molar-refractivity contribution in [2.75, 3.05) is 0 Å². The zero-order valence-corrected chi connectivity index (χ0v) is 19.0. The van der Waals surface area contributed by atoms with E-state index in [9.17, 15) is 0 Å². The summed E-state index contributed by atoms with van der Waals surface area (Å²) in [7, 11) is -2.39. The summed E-state index contributed by atoms with van der Waals surface area (Å²) in [6.45, 7) is 12.1. The van der Waals surface area contributed by atoms with Crippen molar-refractivity contribution in [1.29, 1.82) is 0 Å². The molecule has 0 radical (unpaired) electrons. The third-order valence-electron chi connectivity index (χ3n) is 8.24. The first kappa shape index (κ1) is 18.6. The van der Waals surface area contributed by atoms with Crippen LogP contribution in [-0.4, -0.2) is 14.4 Å². The normalized spacial score (nSPS) is 36.4. The first-order chi connectivity index (χ1) is 13.3. The molecule has 148 valence electrons. The third-order valence-corrected chi connectivity index (χ3v) is 13.3. The third kappa shape index (κ3) is 2.60. The lowest BCUT2D eigenvalue weighted by Crippen LogP contribution is -2.67. The molecule has 0 heterocycles. The van der Waals surface area contributed by atoms with E-state index in [-0.39, 0.29) is 5.04 Å². The van der Waals surface area contributed by atoms with Gasteiger partial charge in [0.2, 0.25) is 0 Å². The van der Waals surface area contributed by atoms with E-state index in [1.54, 1.807) is 0 Å². The van der Waals surface area contributed by atoms with Crippen LogP contribution >= 0.6 is 0 Å². The van der Waals surface area contributed by atoms with Gasteiger partial charge in [-0.05, 0) is 57.3 Å².